The van der Waals surface area contributed by atoms with Crippen LogP contribution in [0, 0.1) is 0 Å². The van der Waals surface area contributed by atoms with Gasteiger partial charge in [0, 0.05) is 23.6 Å². The van der Waals surface area contributed by atoms with Gasteiger partial charge < -0.3 is 5.32 Å². The molecule has 0 fully saturated rings. The first-order valence-corrected chi connectivity index (χ1v) is 10.8. The highest BCUT2D eigenvalue weighted by molar-refractivity contribution is 5.75. The average Bonchev–Trinajstić information content (AvgIpc) is 3.10. The number of aryl methyl sites for hydroxylation is 1. The summed E-state index contributed by atoms with van der Waals surface area (Å²) in [6.45, 7) is 0. The predicted octanol–water partition coefficient (Wildman–Crippen LogP) is 7.53. The van der Waals surface area contributed by atoms with Crippen molar-refractivity contribution in [2.75, 3.05) is 5.32 Å². The molecule has 0 saturated heterocycles. The van der Waals surface area contributed by atoms with Gasteiger partial charge in [-0.3, -0.25) is 4.40 Å². The van der Waals surface area contributed by atoms with Crippen LogP contribution in [0.25, 0.3) is 23.0 Å². The number of rotatable bonds is 3. The smallest absolute Gasteiger partial charge is 0.337 e. The molecule has 0 atom stereocenters. The molecule has 0 aliphatic heterocycles. The fourth-order valence-corrected chi connectivity index (χ4v) is 4.14. The lowest BCUT2D eigenvalue weighted by atomic mass is 10.0. The number of alkyl halides is 6. The molecule has 0 radical (unpaired) electrons. The van der Waals surface area contributed by atoms with E-state index in [1.165, 1.54) is 28.6 Å². The van der Waals surface area contributed by atoms with Crippen molar-refractivity contribution in [2.24, 2.45) is 0 Å². The predicted molar refractivity (Wildman–Crippen MR) is 120 cm³/mol. The van der Waals surface area contributed by atoms with E-state index in [0.29, 0.717) is 18.0 Å². The zero-order chi connectivity index (χ0) is 24.8. The Bertz CT molecular complexity index is 1400. The Hall–Kier alpha value is -3.82. The Morgan fingerprint density at radius 2 is 1.63 bits per heavy atom. The summed E-state index contributed by atoms with van der Waals surface area (Å²) in [7, 11) is 0. The van der Waals surface area contributed by atoms with Crippen molar-refractivity contribution in [3.63, 3.8) is 0 Å². The van der Waals surface area contributed by atoms with Gasteiger partial charge in [0.1, 0.15) is 0 Å². The lowest BCUT2D eigenvalue weighted by Gasteiger charge is -2.14. The maximum atomic E-state index is 13.3. The molecule has 2 aromatic heterocycles. The van der Waals surface area contributed by atoms with Crippen molar-refractivity contribution in [1.82, 2.24) is 14.4 Å². The second-order valence-corrected chi connectivity index (χ2v) is 8.24. The van der Waals surface area contributed by atoms with Gasteiger partial charge in [-0.15, -0.1) is 0 Å². The SMILES string of the molecule is FC(F)(F)c1cc(-c2cnc3c(Nc4ccc5c(c4)C=CCCC5)nccn23)cc(C(F)(F)F)c1. The molecule has 0 bridgehead atoms. The standard InChI is InChI=1S/C25H18F6N4/c26-24(27,28)18-10-17(11-19(13-18)25(29,30)31)21-14-33-23-22(32-8-9-35(21)23)34-20-7-6-15-4-2-1-3-5-16(15)12-20/h3,5-14H,1-2,4H2,(H,32,34). The van der Waals surface area contributed by atoms with E-state index < -0.39 is 23.5 Å². The molecule has 1 aliphatic carbocycles. The van der Waals surface area contributed by atoms with Crippen LogP contribution in [-0.2, 0) is 18.8 Å². The molecule has 0 unspecified atom stereocenters. The highest BCUT2D eigenvalue weighted by Gasteiger charge is 2.37. The van der Waals surface area contributed by atoms with E-state index in [9.17, 15) is 26.3 Å². The summed E-state index contributed by atoms with van der Waals surface area (Å²) in [5.41, 5.74) is 0.345. The third kappa shape index (κ3) is 4.60. The van der Waals surface area contributed by atoms with Gasteiger partial charge in [-0.2, -0.15) is 26.3 Å². The fraction of sp³-hybridized carbons (Fsp3) is 0.200. The Kier molecular flexibility index (Phi) is 5.53. The van der Waals surface area contributed by atoms with Crippen molar-refractivity contribution in [1.29, 1.82) is 0 Å². The van der Waals surface area contributed by atoms with Crippen LogP contribution in [0.3, 0.4) is 0 Å². The van der Waals surface area contributed by atoms with Crippen molar-refractivity contribution in [2.45, 2.75) is 31.6 Å². The maximum Gasteiger partial charge on any atom is 0.416 e. The second-order valence-electron chi connectivity index (χ2n) is 8.24. The Balaban J connectivity index is 1.57. The van der Waals surface area contributed by atoms with Gasteiger partial charge in [0.15, 0.2) is 11.5 Å². The van der Waals surface area contributed by atoms with Crippen LogP contribution in [0.1, 0.15) is 35.1 Å². The van der Waals surface area contributed by atoms with Gasteiger partial charge in [0.05, 0.1) is 23.0 Å². The van der Waals surface area contributed by atoms with Crippen LogP contribution in [0.15, 0.2) is 61.1 Å². The van der Waals surface area contributed by atoms with Crippen LogP contribution in [0.2, 0.25) is 0 Å². The van der Waals surface area contributed by atoms with Crippen LogP contribution in [0.4, 0.5) is 37.8 Å². The maximum absolute atomic E-state index is 13.3. The molecule has 2 heterocycles. The topological polar surface area (TPSA) is 42.2 Å². The summed E-state index contributed by atoms with van der Waals surface area (Å²) < 4.78 is 81.4. The number of imidazole rings is 1. The first kappa shape index (κ1) is 22.9. The number of aromatic nitrogens is 3. The van der Waals surface area contributed by atoms with Crippen molar-refractivity contribution < 1.29 is 26.3 Å². The molecule has 180 valence electrons. The molecule has 0 spiro atoms. The monoisotopic (exact) mass is 488 g/mol. The van der Waals surface area contributed by atoms with Gasteiger partial charge >= 0.3 is 12.4 Å². The van der Waals surface area contributed by atoms with E-state index in [1.807, 2.05) is 18.2 Å². The van der Waals surface area contributed by atoms with Gasteiger partial charge in [-0.25, -0.2) is 9.97 Å². The minimum Gasteiger partial charge on any atom is -0.337 e. The molecule has 4 nitrogen and oxygen atoms in total. The van der Waals surface area contributed by atoms with E-state index in [0.717, 1.165) is 30.5 Å². The summed E-state index contributed by atoms with van der Waals surface area (Å²) in [6, 6.07) is 7.36. The fourth-order valence-electron chi connectivity index (χ4n) is 4.14. The zero-order valence-electron chi connectivity index (χ0n) is 18.1. The number of hydrogen-bond donors (Lipinski definition) is 1. The third-order valence-corrected chi connectivity index (χ3v) is 5.83. The number of nitrogens with zero attached hydrogens (tertiary/aromatic N) is 3. The third-order valence-electron chi connectivity index (χ3n) is 5.83. The molecular weight excluding hydrogens is 470 g/mol. The number of hydrogen-bond acceptors (Lipinski definition) is 3. The van der Waals surface area contributed by atoms with Crippen molar-refractivity contribution in [3.8, 4) is 11.3 Å². The second kappa shape index (κ2) is 8.44. The quantitative estimate of drug-likeness (QED) is 0.303. The number of nitrogens with one attached hydrogen (secondary N) is 1. The first-order chi connectivity index (χ1) is 16.6. The van der Waals surface area contributed by atoms with E-state index >= 15 is 0 Å². The summed E-state index contributed by atoms with van der Waals surface area (Å²) in [5, 5.41) is 3.17. The highest BCUT2D eigenvalue weighted by Crippen LogP contribution is 2.39. The summed E-state index contributed by atoms with van der Waals surface area (Å²) in [4.78, 5) is 8.52. The van der Waals surface area contributed by atoms with Crippen LogP contribution in [0.5, 0.6) is 0 Å². The van der Waals surface area contributed by atoms with Crippen molar-refractivity contribution >= 4 is 23.2 Å². The molecule has 0 saturated carbocycles. The molecule has 35 heavy (non-hydrogen) atoms. The van der Waals surface area contributed by atoms with E-state index in [1.54, 1.807) is 0 Å². The van der Waals surface area contributed by atoms with Crippen LogP contribution in [-0.4, -0.2) is 14.4 Å². The minimum atomic E-state index is -4.94. The van der Waals surface area contributed by atoms with Gasteiger partial charge in [0.25, 0.3) is 0 Å². The lowest BCUT2D eigenvalue weighted by molar-refractivity contribution is -0.143. The first-order valence-electron chi connectivity index (χ1n) is 10.8. The summed E-state index contributed by atoms with van der Waals surface area (Å²) in [6.07, 6.45) is 1.41. The minimum absolute atomic E-state index is 0.0758. The van der Waals surface area contributed by atoms with Gasteiger partial charge in [-0.05, 0) is 60.7 Å². The normalized spacial score (nSPS) is 14.1. The largest absolute Gasteiger partial charge is 0.416 e. The molecule has 10 heteroatoms. The van der Waals surface area contributed by atoms with E-state index in [4.69, 9.17) is 0 Å². The molecule has 1 aliphatic rings. The zero-order valence-corrected chi connectivity index (χ0v) is 18.1. The van der Waals surface area contributed by atoms with Crippen molar-refractivity contribution in [3.05, 3.63) is 83.3 Å². The summed E-state index contributed by atoms with van der Waals surface area (Å²) in [5.74, 6) is 0.319. The number of benzene rings is 2. The molecular formula is C25H18F6N4. The Morgan fingerprint density at radius 3 is 2.34 bits per heavy atom. The Labute approximate surface area is 196 Å². The summed E-state index contributed by atoms with van der Waals surface area (Å²) >= 11 is 0. The average molecular weight is 488 g/mol. The van der Waals surface area contributed by atoms with Crippen LogP contribution < -0.4 is 5.32 Å². The number of halogens is 6. The lowest BCUT2D eigenvalue weighted by Crippen LogP contribution is -2.11. The molecule has 2 aromatic carbocycles. The number of allylic oxidation sites excluding steroid dienone is 1. The molecule has 1 N–H and O–H groups in total. The van der Waals surface area contributed by atoms with E-state index in [-0.39, 0.29) is 23.0 Å². The Morgan fingerprint density at radius 1 is 0.886 bits per heavy atom. The number of anilines is 2. The van der Waals surface area contributed by atoms with Crippen LogP contribution >= 0.6 is 0 Å². The molecule has 5 rings (SSSR count). The van der Waals surface area contributed by atoms with Gasteiger partial charge in [-0.1, -0.05) is 18.2 Å². The van der Waals surface area contributed by atoms with Gasteiger partial charge in [0.2, 0.25) is 0 Å². The molecule has 4 aromatic rings. The number of fused-ring (bicyclic) bond motifs is 2. The molecule has 0 amide bonds. The van der Waals surface area contributed by atoms with E-state index in [2.05, 4.69) is 27.4 Å². The highest BCUT2D eigenvalue weighted by atomic mass is 19.4.